The number of furan rings is 1. The normalized spacial score (nSPS) is 17.0. The molecule has 28 heavy (non-hydrogen) atoms. The summed E-state index contributed by atoms with van der Waals surface area (Å²) in [5, 5.41) is 5.02. The zero-order valence-electron chi connectivity index (χ0n) is 16.3. The average Bonchev–Trinajstić information content (AvgIpc) is 3.31. The number of fused-ring (bicyclic) bond motifs is 1. The summed E-state index contributed by atoms with van der Waals surface area (Å²) in [6.07, 6.45) is 6.15. The molecule has 3 aromatic heterocycles. The smallest absolute Gasteiger partial charge is 0.410 e. The summed E-state index contributed by atoms with van der Waals surface area (Å²) in [6, 6.07) is 3.83. The molecule has 0 aliphatic carbocycles. The quantitative estimate of drug-likeness (QED) is 0.674. The second-order valence-electron chi connectivity index (χ2n) is 8.13. The fraction of sp³-hybridized carbons (Fsp3) is 0.500. The number of nitrogens with zero attached hydrogens (tertiary/aromatic N) is 4. The van der Waals surface area contributed by atoms with E-state index in [1.165, 1.54) is 6.39 Å². The molecule has 3 aromatic rings. The predicted octanol–water partition coefficient (Wildman–Crippen LogP) is 3.99. The summed E-state index contributed by atoms with van der Waals surface area (Å²) in [5.74, 6) is 1.49. The third-order valence-corrected chi connectivity index (χ3v) is 4.96. The molecule has 0 radical (unpaired) electrons. The Balaban J connectivity index is 1.54. The highest BCUT2D eigenvalue weighted by atomic mass is 16.6. The van der Waals surface area contributed by atoms with Gasteiger partial charge < -0.3 is 18.6 Å². The van der Waals surface area contributed by atoms with Crippen LogP contribution in [0.5, 0.6) is 0 Å². The van der Waals surface area contributed by atoms with Crippen LogP contribution >= 0.6 is 0 Å². The van der Waals surface area contributed by atoms with Gasteiger partial charge in [-0.2, -0.15) is 4.98 Å². The SMILES string of the molecule is CC(C)(C)OC(=O)N1CCC(C(c2ncon2)c2cc3cnccc3o2)CC1. The summed E-state index contributed by atoms with van der Waals surface area (Å²) in [5.41, 5.74) is 0.286. The van der Waals surface area contributed by atoms with E-state index in [1.807, 2.05) is 32.9 Å². The second-order valence-corrected chi connectivity index (χ2v) is 8.13. The molecule has 0 saturated carbocycles. The van der Waals surface area contributed by atoms with Crippen LogP contribution in [-0.4, -0.2) is 44.8 Å². The van der Waals surface area contributed by atoms with Crippen LogP contribution in [0.1, 0.15) is 51.1 Å². The first-order valence-corrected chi connectivity index (χ1v) is 9.48. The van der Waals surface area contributed by atoms with Gasteiger partial charge in [-0.1, -0.05) is 5.16 Å². The van der Waals surface area contributed by atoms with Crippen LogP contribution < -0.4 is 0 Å². The molecule has 0 spiro atoms. The lowest BCUT2D eigenvalue weighted by Gasteiger charge is -2.35. The molecule has 0 bridgehead atoms. The Morgan fingerprint density at radius 2 is 2.11 bits per heavy atom. The van der Waals surface area contributed by atoms with E-state index in [4.69, 9.17) is 13.7 Å². The molecule has 1 aliphatic rings. The van der Waals surface area contributed by atoms with E-state index >= 15 is 0 Å². The van der Waals surface area contributed by atoms with E-state index < -0.39 is 5.60 Å². The van der Waals surface area contributed by atoms with Crippen molar-refractivity contribution in [1.82, 2.24) is 20.0 Å². The molecule has 1 atom stereocenters. The molecule has 0 aromatic carbocycles. The zero-order chi connectivity index (χ0) is 19.7. The molecule has 8 heteroatoms. The number of carbonyl (C=O) groups is 1. The van der Waals surface area contributed by atoms with Gasteiger partial charge in [0.15, 0.2) is 5.82 Å². The predicted molar refractivity (Wildman–Crippen MR) is 101 cm³/mol. The Bertz CT molecular complexity index is 904. The molecule has 4 heterocycles. The number of ether oxygens (including phenoxy) is 1. The van der Waals surface area contributed by atoms with Crippen LogP contribution in [-0.2, 0) is 4.74 Å². The number of pyridine rings is 1. The molecule has 1 unspecified atom stereocenters. The van der Waals surface area contributed by atoms with E-state index in [2.05, 4.69) is 15.1 Å². The second kappa shape index (κ2) is 7.26. The van der Waals surface area contributed by atoms with Crippen LogP contribution in [0.15, 0.2) is 39.9 Å². The van der Waals surface area contributed by atoms with E-state index in [-0.39, 0.29) is 17.9 Å². The van der Waals surface area contributed by atoms with Gasteiger partial charge in [0.2, 0.25) is 6.39 Å². The van der Waals surface area contributed by atoms with Crippen molar-refractivity contribution >= 4 is 17.1 Å². The van der Waals surface area contributed by atoms with Gasteiger partial charge in [-0.25, -0.2) is 4.79 Å². The Hall–Kier alpha value is -2.90. The maximum absolute atomic E-state index is 12.3. The minimum Gasteiger partial charge on any atom is -0.460 e. The molecule has 148 valence electrons. The molecule has 1 fully saturated rings. The highest BCUT2D eigenvalue weighted by Gasteiger charge is 2.36. The number of carbonyl (C=O) groups excluding carboxylic acids is 1. The Labute approximate surface area is 162 Å². The lowest BCUT2D eigenvalue weighted by atomic mass is 9.82. The standard InChI is InChI=1S/C20H24N4O4/c1-20(2,3)28-19(25)24-8-5-13(6-9-24)17(18-22-12-26-23-18)16-10-14-11-21-7-4-15(14)27-16/h4,7,10-13,17H,5-6,8-9H2,1-3H3. The number of piperidine rings is 1. The van der Waals surface area contributed by atoms with Crippen molar-refractivity contribution in [2.75, 3.05) is 13.1 Å². The first kappa shape index (κ1) is 18.5. The first-order valence-electron chi connectivity index (χ1n) is 9.48. The average molecular weight is 384 g/mol. The van der Waals surface area contributed by atoms with Crippen molar-refractivity contribution in [3.8, 4) is 0 Å². The molecule has 1 aliphatic heterocycles. The maximum Gasteiger partial charge on any atom is 0.410 e. The van der Waals surface area contributed by atoms with Crippen LogP contribution in [0.2, 0.25) is 0 Å². The van der Waals surface area contributed by atoms with Crippen molar-refractivity contribution in [1.29, 1.82) is 0 Å². The van der Waals surface area contributed by atoms with Crippen molar-refractivity contribution in [2.45, 2.75) is 45.1 Å². The number of hydrogen-bond acceptors (Lipinski definition) is 7. The van der Waals surface area contributed by atoms with E-state index in [0.29, 0.717) is 18.9 Å². The van der Waals surface area contributed by atoms with Gasteiger partial charge in [-0.3, -0.25) is 4.98 Å². The van der Waals surface area contributed by atoms with Crippen molar-refractivity contribution in [2.24, 2.45) is 5.92 Å². The molecule has 4 rings (SSSR count). The van der Waals surface area contributed by atoms with E-state index in [1.54, 1.807) is 17.3 Å². The number of likely N-dealkylation sites (tertiary alicyclic amines) is 1. The van der Waals surface area contributed by atoms with Crippen molar-refractivity contribution in [3.05, 3.63) is 42.5 Å². The van der Waals surface area contributed by atoms with Gasteiger partial charge in [0.1, 0.15) is 16.9 Å². The minimum absolute atomic E-state index is 0.132. The minimum atomic E-state index is -0.497. The Kier molecular flexibility index (Phi) is 4.78. The molecular weight excluding hydrogens is 360 g/mol. The molecule has 1 saturated heterocycles. The number of amides is 1. The first-order chi connectivity index (χ1) is 13.4. The number of rotatable bonds is 3. The van der Waals surface area contributed by atoms with E-state index in [9.17, 15) is 4.79 Å². The fourth-order valence-corrected chi connectivity index (χ4v) is 3.69. The highest BCUT2D eigenvalue weighted by molar-refractivity contribution is 5.76. The topological polar surface area (TPSA) is 94.5 Å². The zero-order valence-corrected chi connectivity index (χ0v) is 16.3. The molecule has 8 nitrogen and oxygen atoms in total. The van der Waals surface area contributed by atoms with Crippen LogP contribution in [0.3, 0.4) is 0 Å². The van der Waals surface area contributed by atoms with Gasteiger partial charge in [0.25, 0.3) is 0 Å². The molecule has 1 amide bonds. The van der Waals surface area contributed by atoms with Crippen molar-refractivity contribution in [3.63, 3.8) is 0 Å². The van der Waals surface area contributed by atoms with Gasteiger partial charge in [-0.05, 0) is 51.7 Å². The van der Waals surface area contributed by atoms with Crippen LogP contribution in [0.4, 0.5) is 4.79 Å². The summed E-state index contributed by atoms with van der Waals surface area (Å²) in [7, 11) is 0. The van der Waals surface area contributed by atoms with Gasteiger partial charge in [0, 0.05) is 30.9 Å². The monoisotopic (exact) mass is 384 g/mol. The Morgan fingerprint density at radius 3 is 2.75 bits per heavy atom. The summed E-state index contributed by atoms with van der Waals surface area (Å²) < 4.78 is 16.6. The summed E-state index contributed by atoms with van der Waals surface area (Å²) in [4.78, 5) is 22.5. The van der Waals surface area contributed by atoms with Gasteiger partial charge in [-0.15, -0.1) is 0 Å². The maximum atomic E-state index is 12.3. The highest BCUT2D eigenvalue weighted by Crippen LogP contribution is 2.38. The third kappa shape index (κ3) is 3.85. The third-order valence-electron chi connectivity index (χ3n) is 4.96. The van der Waals surface area contributed by atoms with Crippen molar-refractivity contribution < 1.29 is 18.5 Å². The molecule has 0 N–H and O–H groups in total. The lowest BCUT2D eigenvalue weighted by Crippen LogP contribution is -2.42. The van der Waals surface area contributed by atoms with Crippen LogP contribution in [0.25, 0.3) is 11.0 Å². The Morgan fingerprint density at radius 1 is 1.32 bits per heavy atom. The lowest BCUT2D eigenvalue weighted by molar-refractivity contribution is 0.0175. The van der Waals surface area contributed by atoms with Gasteiger partial charge in [0.05, 0.1) is 5.92 Å². The fourth-order valence-electron chi connectivity index (χ4n) is 3.69. The summed E-state index contributed by atoms with van der Waals surface area (Å²) in [6.45, 7) is 6.87. The largest absolute Gasteiger partial charge is 0.460 e. The number of aromatic nitrogens is 3. The van der Waals surface area contributed by atoms with Crippen LogP contribution in [0, 0.1) is 5.92 Å². The van der Waals surface area contributed by atoms with E-state index in [0.717, 1.165) is 29.6 Å². The number of hydrogen-bond donors (Lipinski definition) is 0. The molecular formula is C20H24N4O4. The van der Waals surface area contributed by atoms with Gasteiger partial charge >= 0.3 is 6.09 Å². The summed E-state index contributed by atoms with van der Waals surface area (Å²) >= 11 is 0.